The van der Waals surface area contributed by atoms with Crippen LogP contribution in [0.3, 0.4) is 0 Å². The first-order valence-electron chi connectivity index (χ1n) is 8.70. The van der Waals surface area contributed by atoms with E-state index in [1.807, 2.05) is 6.07 Å². The molecular formula is C20H26F2N2O. The smallest absolute Gasteiger partial charge is 0.394 e. The highest BCUT2D eigenvalue weighted by Crippen LogP contribution is 2.28. The van der Waals surface area contributed by atoms with Crippen LogP contribution in [0.2, 0.25) is 0 Å². The number of nitrogens with one attached hydrogen (secondary N) is 1. The zero-order chi connectivity index (χ0) is 18.4. The first kappa shape index (κ1) is 19.2. The van der Waals surface area contributed by atoms with Gasteiger partial charge in [0.15, 0.2) is 0 Å². The molecule has 5 heteroatoms. The van der Waals surface area contributed by atoms with Crippen molar-refractivity contribution >= 4 is 11.5 Å². The van der Waals surface area contributed by atoms with Crippen molar-refractivity contribution in [2.24, 2.45) is 5.92 Å². The zero-order valence-electron chi connectivity index (χ0n) is 15.3. The Morgan fingerprint density at radius 2 is 1.76 bits per heavy atom. The zero-order valence-corrected chi connectivity index (χ0v) is 15.3. The van der Waals surface area contributed by atoms with Gasteiger partial charge in [-0.1, -0.05) is 26.7 Å². The summed E-state index contributed by atoms with van der Waals surface area (Å²) < 4.78 is 30.3. The van der Waals surface area contributed by atoms with E-state index in [1.54, 1.807) is 18.3 Å². The van der Waals surface area contributed by atoms with Gasteiger partial charge in [-0.3, -0.25) is 0 Å². The first-order chi connectivity index (χ1) is 11.8. The lowest BCUT2D eigenvalue weighted by Crippen LogP contribution is -2.18. The number of halogens is 2. The van der Waals surface area contributed by atoms with Gasteiger partial charge in [0.2, 0.25) is 0 Å². The fraction of sp³-hybridized carbons (Fsp3) is 0.450. The van der Waals surface area contributed by atoms with Crippen LogP contribution in [0.15, 0.2) is 36.5 Å². The van der Waals surface area contributed by atoms with Gasteiger partial charge in [-0.2, -0.15) is 8.78 Å². The molecule has 1 aromatic heterocycles. The van der Waals surface area contributed by atoms with E-state index >= 15 is 0 Å². The molecule has 0 unspecified atom stereocenters. The number of aromatic nitrogens is 1. The average molecular weight is 348 g/mol. The summed E-state index contributed by atoms with van der Waals surface area (Å²) in [6.45, 7) is 7.22. The maximum absolute atomic E-state index is 12.9. The topological polar surface area (TPSA) is 34.2 Å². The van der Waals surface area contributed by atoms with Crippen LogP contribution >= 0.6 is 0 Å². The summed E-state index contributed by atoms with van der Waals surface area (Å²) in [4.78, 5) is 4.48. The monoisotopic (exact) mass is 348 g/mol. The molecule has 0 saturated carbocycles. The summed E-state index contributed by atoms with van der Waals surface area (Å²) in [6, 6.07) is 8.49. The molecule has 136 valence electrons. The molecule has 1 aromatic carbocycles. The highest BCUT2D eigenvalue weighted by molar-refractivity contribution is 5.61. The lowest BCUT2D eigenvalue weighted by atomic mass is 9.92. The highest BCUT2D eigenvalue weighted by Gasteiger charge is 2.23. The standard InChI is InChI=1S/C20H26F2N2O/c1-5-15(6-2)13-18-14(3)11-12-23-19(18)24-16-7-9-17(10-8-16)25-20(4,21)22/h7-12,15H,5-6,13H2,1-4H3,(H,23,24). The van der Waals surface area contributed by atoms with Gasteiger partial charge >= 0.3 is 6.11 Å². The minimum Gasteiger partial charge on any atom is -0.433 e. The molecular weight excluding hydrogens is 322 g/mol. The first-order valence-corrected chi connectivity index (χ1v) is 8.70. The third-order valence-corrected chi connectivity index (χ3v) is 4.35. The molecule has 0 spiro atoms. The number of anilines is 2. The van der Waals surface area contributed by atoms with E-state index in [0.29, 0.717) is 5.92 Å². The summed E-state index contributed by atoms with van der Waals surface area (Å²) in [6.07, 6.45) is 1.82. The second-order valence-corrected chi connectivity index (χ2v) is 6.40. The summed E-state index contributed by atoms with van der Waals surface area (Å²) >= 11 is 0. The summed E-state index contributed by atoms with van der Waals surface area (Å²) in [7, 11) is 0. The van der Waals surface area contributed by atoms with Crippen molar-refractivity contribution in [2.75, 3.05) is 5.32 Å². The van der Waals surface area contributed by atoms with Crippen LogP contribution in [-0.2, 0) is 6.42 Å². The molecule has 0 radical (unpaired) electrons. The average Bonchev–Trinajstić information content (AvgIpc) is 2.55. The van der Waals surface area contributed by atoms with Gasteiger partial charge in [-0.05, 0) is 60.7 Å². The van der Waals surface area contributed by atoms with E-state index < -0.39 is 6.11 Å². The van der Waals surface area contributed by atoms with E-state index in [1.165, 1.54) is 23.3 Å². The lowest BCUT2D eigenvalue weighted by molar-refractivity contribution is -0.158. The van der Waals surface area contributed by atoms with Gasteiger partial charge in [-0.15, -0.1) is 0 Å². The van der Waals surface area contributed by atoms with Gasteiger partial charge < -0.3 is 10.1 Å². The molecule has 1 N–H and O–H groups in total. The normalized spacial score (nSPS) is 11.6. The molecule has 3 nitrogen and oxygen atoms in total. The third kappa shape index (κ3) is 5.69. The Hall–Kier alpha value is -2.17. The number of rotatable bonds is 8. The number of aryl methyl sites for hydroxylation is 1. The Kier molecular flexibility index (Phi) is 6.34. The molecule has 0 bridgehead atoms. The van der Waals surface area contributed by atoms with Gasteiger partial charge in [-0.25, -0.2) is 4.98 Å². The summed E-state index contributed by atoms with van der Waals surface area (Å²) in [5.41, 5.74) is 3.20. The maximum Gasteiger partial charge on any atom is 0.394 e. The third-order valence-electron chi connectivity index (χ3n) is 4.35. The van der Waals surface area contributed by atoms with Gasteiger partial charge in [0.25, 0.3) is 0 Å². The van der Waals surface area contributed by atoms with E-state index in [0.717, 1.165) is 37.7 Å². The largest absolute Gasteiger partial charge is 0.433 e. The van der Waals surface area contributed by atoms with Crippen LogP contribution < -0.4 is 10.1 Å². The van der Waals surface area contributed by atoms with Crippen molar-refractivity contribution in [3.63, 3.8) is 0 Å². The number of benzene rings is 1. The van der Waals surface area contributed by atoms with Crippen LogP contribution in [0.25, 0.3) is 0 Å². The fourth-order valence-corrected chi connectivity index (χ4v) is 2.77. The number of pyridine rings is 1. The summed E-state index contributed by atoms with van der Waals surface area (Å²) in [5.74, 6) is 1.57. The molecule has 0 atom stereocenters. The van der Waals surface area contributed by atoms with Crippen LogP contribution in [0.1, 0.15) is 44.7 Å². The molecule has 0 amide bonds. The lowest BCUT2D eigenvalue weighted by Gasteiger charge is -2.18. The van der Waals surface area contributed by atoms with Crippen LogP contribution in [0.5, 0.6) is 5.75 Å². The van der Waals surface area contributed by atoms with Gasteiger partial charge in [0.05, 0.1) is 0 Å². The number of nitrogens with zero attached hydrogens (tertiary/aromatic N) is 1. The minimum absolute atomic E-state index is 0.132. The SMILES string of the molecule is CCC(CC)Cc1c(C)ccnc1Nc1ccc(OC(C)(F)F)cc1. The quantitative estimate of drug-likeness (QED) is 0.625. The Labute approximate surface area is 148 Å². The van der Waals surface area contributed by atoms with Crippen molar-refractivity contribution in [3.05, 3.63) is 47.7 Å². The number of alkyl halides is 2. The van der Waals surface area contributed by atoms with Crippen LogP contribution in [-0.4, -0.2) is 11.1 Å². The van der Waals surface area contributed by atoms with Crippen molar-refractivity contribution in [1.29, 1.82) is 0 Å². The van der Waals surface area contributed by atoms with Gasteiger partial charge in [0.1, 0.15) is 11.6 Å². The second-order valence-electron chi connectivity index (χ2n) is 6.40. The molecule has 0 fully saturated rings. The number of hydrogen-bond acceptors (Lipinski definition) is 3. The Balaban J connectivity index is 2.18. The van der Waals surface area contributed by atoms with Crippen molar-refractivity contribution in [1.82, 2.24) is 4.98 Å². The number of hydrogen-bond donors (Lipinski definition) is 1. The molecule has 0 aliphatic carbocycles. The Morgan fingerprint density at radius 3 is 2.32 bits per heavy atom. The van der Waals surface area contributed by atoms with Crippen LogP contribution in [0.4, 0.5) is 20.3 Å². The molecule has 2 rings (SSSR count). The van der Waals surface area contributed by atoms with E-state index in [4.69, 9.17) is 0 Å². The highest BCUT2D eigenvalue weighted by atomic mass is 19.3. The van der Waals surface area contributed by atoms with E-state index in [-0.39, 0.29) is 5.75 Å². The predicted octanol–water partition coefficient (Wildman–Crippen LogP) is 6.10. The summed E-state index contributed by atoms with van der Waals surface area (Å²) in [5, 5.41) is 3.30. The molecule has 0 saturated heterocycles. The van der Waals surface area contributed by atoms with Gasteiger partial charge in [0, 0.05) is 18.8 Å². The molecule has 2 aromatic rings. The van der Waals surface area contributed by atoms with Crippen molar-refractivity contribution in [2.45, 2.75) is 53.1 Å². The second kappa shape index (κ2) is 8.28. The van der Waals surface area contributed by atoms with E-state index in [2.05, 4.69) is 35.8 Å². The maximum atomic E-state index is 12.9. The molecule has 0 aliphatic rings. The minimum atomic E-state index is -3.18. The predicted molar refractivity (Wildman–Crippen MR) is 97.7 cm³/mol. The fourth-order valence-electron chi connectivity index (χ4n) is 2.77. The van der Waals surface area contributed by atoms with Crippen molar-refractivity contribution < 1.29 is 13.5 Å². The number of ether oxygens (including phenoxy) is 1. The Bertz CT molecular complexity index is 677. The molecule has 0 aliphatic heterocycles. The van der Waals surface area contributed by atoms with Crippen LogP contribution in [0, 0.1) is 12.8 Å². The Morgan fingerprint density at radius 1 is 1.12 bits per heavy atom. The molecule has 1 heterocycles. The molecule has 25 heavy (non-hydrogen) atoms. The van der Waals surface area contributed by atoms with E-state index in [9.17, 15) is 8.78 Å². The van der Waals surface area contributed by atoms with Crippen molar-refractivity contribution in [3.8, 4) is 5.75 Å².